The van der Waals surface area contributed by atoms with Crippen LogP contribution in [0.4, 0.5) is 0 Å². The Morgan fingerprint density at radius 2 is 2.00 bits per heavy atom. The van der Waals surface area contributed by atoms with Gasteiger partial charge in [-0.25, -0.2) is 0 Å². The first-order chi connectivity index (χ1) is 11.2. The molecule has 0 amide bonds. The number of aliphatic hydroxyl groups excluding tert-OH is 1. The van der Waals surface area contributed by atoms with Crippen molar-refractivity contribution in [2.24, 2.45) is 0 Å². The third-order valence-corrected chi connectivity index (χ3v) is 8.09. The van der Waals surface area contributed by atoms with Crippen molar-refractivity contribution in [1.29, 1.82) is 0 Å². The molecule has 1 unspecified atom stereocenters. The maximum Gasteiger partial charge on any atom is 0.333 e. The average molecular weight is 472 g/mol. The summed E-state index contributed by atoms with van der Waals surface area (Å²) in [6, 6.07) is 0. The van der Waals surface area contributed by atoms with Gasteiger partial charge in [-0.15, -0.1) is 0 Å². The van der Waals surface area contributed by atoms with E-state index in [1.54, 1.807) is 13.8 Å². The van der Waals surface area contributed by atoms with Gasteiger partial charge in [-0.1, -0.05) is 20.7 Å². The van der Waals surface area contributed by atoms with Gasteiger partial charge in [0.1, 0.15) is 5.76 Å². The minimum Gasteiger partial charge on any atom is -0.462 e. The second-order valence-corrected chi connectivity index (χ2v) is 10.9. The fourth-order valence-corrected chi connectivity index (χ4v) is 6.52. The highest BCUT2D eigenvalue weighted by Crippen LogP contribution is 2.50. The van der Waals surface area contributed by atoms with E-state index < -0.39 is 19.5 Å². The van der Waals surface area contributed by atoms with Gasteiger partial charge < -0.3 is 23.6 Å². The topological polar surface area (TPSA) is 74.2 Å². The molecule has 0 spiro atoms. The van der Waals surface area contributed by atoms with Crippen molar-refractivity contribution in [3.63, 3.8) is 0 Å². The minimum absolute atomic E-state index is 0.0660. The van der Waals surface area contributed by atoms with Crippen LogP contribution in [0.1, 0.15) is 34.6 Å². The Kier molecular flexibility index (Phi) is 6.84. The summed E-state index contributed by atoms with van der Waals surface area (Å²) in [6.07, 6.45) is -0.996. The molecule has 8 heteroatoms. The van der Waals surface area contributed by atoms with Gasteiger partial charge in [0.2, 0.25) is 5.79 Å². The van der Waals surface area contributed by atoms with Gasteiger partial charge in [-0.2, -0.15) is 0 Å². The van der Waals surface area contributed by atoms with Crippen molar-refractivity contribution in [3.05, 3.63) is 20.5 Å². The van der Waals surface area contributed by atoms with Crippen LogP contribution in [0.2, 0.25) is 0 Å². The standard InChI is InChI=1S/C16H26IO6P/c1-6-21-24(19,22-7-2)10-14(18)12-8-17-11(3)15-13(12)9-20-16(4,5)23-15/h8,14,18H,6-7,9-10H2,1-5H3. The Morgan fingerprint density at radius 3 is 2.58 bits per heavy atom. The summed E-state index contributed by atoms with van der Waals surface area (Å²) in [6.45, 7) is 10.2. The molecule has 0 saturated carbocycles. The summed E-state index contributed by atoms with van der Waals surface area (Å²) in [5.41, 5.74) is 1.57. The second-order valence-electron chi connectivity index (χ2n) is 5.95. The molecule has 2 aliphatic heterocycles. The van der Waals surface area contributed by atoms with E-state index in [0.717, 1.165) is 16.9 Å². The predicted octanol–water partition coefficient (Wildman–Crippen LogP) is 3.71. The lowest BCUT2D eigenvalue weighted by Crippen LogP contribution is -2.37. The van der Waals surface area contributed by atoms with Gasteiger partial charge in [0.05, 0.1) is 32.1 Å². The molecule has 2 rings (SSSR count). The highest BCUT2D eigenvalue weighted by Gasteiger charge is 2.36. The molecule has 0 aromatic rings. The van der Waals surface area contributed by atoms with Crippen molar-refractivity contribution >= 4 is 32.3 Å². The Morgan fingerprint density at radius 1 is 1.38 bits per heavy atom. The number of rotatable bonds is 7. The fourth-order valence-electron chi connectivity index (χ4n) is 2.52. The molecule has 0 radical (unpaired) electrons. The molecule has 1 N–H and O–H groups in total. The molecule has 0 aromatic carbocycles. The number of halogens is 1. The number of ether oxygens (including phenoxy) is 2. The van der Waals surface area contributed by atoms with Gasteiger partial charge in [0.15, 0.2) is 0 Å². The molecule has 0 aromatic heterocycles. The van der Waals surface area contributed by atoms with Gasteiger partial charge in [-0.05, 0) is 30.4 Å². The summed E-state index contributed by atoms with van der Waals surface area (Å²) in [7, 11) is -3.32. The zero-order chi connectivity index (χ0) is 18.0. The summed E-state index contributed by atoms with van der Waals surface area (Å²) in [4.78, 5) is 0. The van der Waals surface area contributed by atoms with Crippen molar-refractivity contribution in [1.82, 2.24) is 0 Å². The molecule has 1 fully saturated rings. The van der Waals surface area contributed by atoms with Gasteiger partial charge in [0.25, 0.3) is 0 Å². The third kappa shape index (κ3) is 4.77. The van der Waals surface area contributed by atoms with E-state index in [0.29, 0.717) is 6.61 Å². The van der Waals surface area contributed by atoms with Crippen molar-refractivity contribution in [3.8, 4) is 0 Å². The van der Waals surface area contributed by atoms with Crippen LogP contribution in [0, 0.1) is 0 Å². The first kappa shape index (κ1) is 20.3. The molecule has 0 aliphatic carbocycles. The van der Waals surface area contributed by atoms with Crippen LogP contribution in [-0.4, -0.2) is 47.0 Å². The molecule has 24 heavy (non-hydrogen) atoms. The second kappa shape index (κ2) is 8.10. The SMILES string of the molecule is CCOP(=O)(CC(O)C1=C2COC(C)(C)OC2=C(C)I=C1)OCC. The summed E-state index contributed by atoms with van der Waals surface area (Å²) >= 11 is -0.385. The number of allylic oxidation sites excluding steroid dienone is 1. The van der Waals surface area contributed by atoms with Gasteiger partial charge in [-0.3, -0.25) is 4.57 Å². The minimum atomic E-state index is -3.32. The maximum atomic E-state index is 12.7. The summed E-state index contributed by atoms with van der Waals surface area (Å²) in [5.74, 6) is 0.140. The number of hydrogen-bond acceptors (Lipinski definition) is 6. The predicted molar refractivity (Wildman–Crippen MR) is 103 cm³/mol. The van der Waals surface area contributed by atoms with Gasteiger partial charge >= 0.3 is 7.60 Å². The Bertz CT molecular complexity index is 612. The Labute approximate surface area is 153 Å². The van der Waals surface area contributed by atoms with E-state index in [-0.39, 0.29) is 40.1 Å². The van der Waals surface area contributed by atoms with Crippen LogP contribution in [0.3, 0.4) is 0 Å². The van der Waals surface area contributed by atoms with Crippen LogP contribution in [0.15, 0.2) is 20.5 Å². The van der Waals surface area contributed by atoms with Crippen LogP contribution in [0.25, 0.3) is 0 Å². The maximum absolute atomic E-state index is 12.7. The van der Waals surface area contributed by atoms with Crippen molar-refractivity contribution in [2.45, 2.75) is 46.5 Å². The lowest BCUT2D eigenvalue weighted by molar-refractivity contribution is -0.201. The molecular weight excluding hydrogens is 446 g/mol. The van der Waals surface area contributed by atoms with E-state index in [2.05, 4.69) is 6.92 Å². The lowest BCUT2D eigenvalue weighted by Gasteiger charge is -2.37. The summed E-state index contributed by atoms with van der Waals surface area (Å²) < 4.78 is 38.2. The van der Waals surface area contributed by atoms with Crippen molar-refractivity contribution < 1.29 is 28.2 Å². The number of aliphatic hydroxyl groups is 1. The Hall–Kier alpha value is -0.0500. The van der Waals surface area contributed by atoms with Crippen LogP contribution >= 0.6 is 28.3 Å². The fraction of sp³-hybridized carbons (Fsp3) is 0.688. The third-order valence-electron chi connectivity index (χ3n) is 3.59. The van der Waals surface area contributed by atoms with Crippen molar-refractivity contribution in [2.75, 3.05) is 26.0 Å². The molecule has 1 atom stereocenters. The van der Waals surface area contributed by atoms with E-state index in [1.807, 2.05) is 17.9 Å². The number of fused-ring (bicyclic) bond motifs is 1. The average Bonchev–Trinajstić information content (AvgIpc) is 2.47. The molecule has 0 bridgehead atoms. The molecule has 138 valence electrons. The van der Waals surface area contributed by atoms with Crippen LogP contribution in [-0.2, 0) is 23.1 Å². The molecule has 2 heterocycles. The van der Waals surface area contributed by atoms with E-state index in [4.69, 9.17) is 18.5 Å². The normalized spacial score (nSPS) is 21.9. The molecule has 6 nitrogen and oxygen atoms in total. The zero-order valence-electron chi connectivity index (χ0n) is 14.8. The first-order valence-electron chi connectivity index (χ1n) is 8.01. The first-order valence-corrected chi connectivity index (χ1v) is 12.1. The van der Waals surface area contributed by atoms with E-state index >= 15 is 0 Å². The molecule has 1 saturated heterocycles. The monoisotopic (exact) mass is 472 g/mol. The highest BCUT2D eigenvalue weighted by molar-refractivity contribution is 14.2. The number of hydrogen-bond donors (Lipinski definition) is 1. The van der Waals surface area contributed by atoms with E-state index in [9.17, 15) is 9.67 Å². The smallest absolute Gasteiger partial charge is 0.333 e. The summed E-state index contributed by atoms with van der Waals surface area (Å²) in [5, 5.41) is 10.7. The van der Waals surface area contributed by atoms with Gasteiger partial charge in [0, 0.05) is 23.0 Å². The highest BCUT2D eigenvalue weighted by atomic mass is 127. The quantitative estimate of drug-likeness (QED) is 0.450. The van der Waals surface area contributed by atoms with Crippen LogP contribution < -0.4 is 0 Å². The Balaban J connectivity index is 2.28. The van der Waals surface area contributed by atoms with Crippen LogP contribution in [0.5, 0.6) is 0 Å². The lowest BCUT2D eigenvalue weighted by atomic mass is 10.0. The molecule has 2 aliphatic rings. The largest absolute Gasteiger partial charge is 0.462 e. The zero-order valence-corrected chi connectivity index (χ0v) is 17.8. The van der Waals surface area contributed by atoms with E-state index in [1.165, 1.54) is 3.58 Å². The molecular formula is C16H26IO6P.